The fourth-order valence-electron chi connectivity index (χ4n) is 3.89. The second kappa shape index (κ2) is 6.90. The van der Waals surface area contributed by atoms with Gasteiger partial charge in [-0.3, -0.25) is 9.97 Å². The number of aromatic nitrogens is 2. The van der Waals surface area contributed by atoms with E-state index in [9.17, 15) is 0 Å². The van der Waals surface area contributed by atoms with Crippen molar-refractivity contribution in [2.75, 3.05) is 22.9 Å². The lowest BCUT2D eigenvalue weighted by atomic mass is 10.1. The van der Waals surface area contributed by atoms with Crippen LogP contribution < -0.4 is 15.5 Å². The molecule has 0 amide bonds. The van der Waals surface area contributed by atoms with Crippen LogP contribution in [0.25, 0.3) is 0 Å². The Balaban J connectivity index is 1.61. The molecule has 0 bridgehead atoms. The summed E-state index contributed by atoms with van der Waals surface area (Å²) in [7, 11) is 0. The molecule has 2 atom stereocenters. The number of nitrogens with two attached hydrogens (primary N) is 1. The van der Waals surface area contributed by atoms with Crippen LogP contribution in [-0.4, -0.2) is 29.1 Å². The largest absolute Gasteiger partial charge is 0.466 e. The Labute approximate surface area is 162 Å². The Kier molecular flexibility index (Phi) is 4.26. The SMILES string of the molecule is NC1CCCN(c2ccncc2N2c3cnccc3S[C@H]2c2ccco2)C1. The molecule has 2 aliphatic heterocycles. The van der Waals surface area contributed by atoms with Crippen molar-refractivity contribution in [2.45, 2.75) is 29.2 Å². The Bertz CT molecular complexity index is 932. The molecule has 0 aromatic carbocycles. The summed E-state index contributed by atoms with van der Waals surface area (Å²) in [4.78, 5) is 14.7. The molecule has 3 aromatic heterocycles. The molecule has 7 heteroatoms. The van der Waals surface area contributed by atoms with Crippen molar-refractivity contribution in [3.63, 3.8) is 0 Å². The average molecular weight is 379 g/mol. The monoisotopic (exact) mass is 379 g/mol. The van der Waals surface area contributed by atoms with E-state index < -0.39 is 0 Å². The maximum atomic E-state index is 6.25. The molecule has 138 valence electrons. The van der Waals surface area contributed by atoms with Gasteiger partial charge in [-0.05, 0) is 37.1 Å². The van der Waals surface area contributed by atoms with Crippen LogP contribution in [0.5, 0.6) is 0 Å². The number of pyridine rings is 2. The van der Waals surface area contributed by atoms with Gasteiger partial charge < -0.3 is 20.0 Å². The highest BCUT2D eigenvalue weighted by atomic mass is 32.2. The van der Waals surface area contributed by atoms with E-state index in [1.165, 1.54) is 4.90 Å². The van der Waals surface area contributed by atoms with E-state index in [2.05, 4.69) is 31.9 Å². The van der Waals surface area contributed by atoms with Crippen LogP contribution in [0, 0.1) is 0 Å². The Morgan fingerprint density at radius 2 is 1.93 bits per heavy atom. The summed E-state index contributed by atoms with van der Waals surface area (Å²) in [6.45, 7) is 1.88. The van der Waals surface area contributed by atoms with Gasteiger partial charge in [0.05, 0.1) is 35.7 Å². The second-order valence-corrected chi connectivity index (χ2v) is 8.03. The van der Waals surface area contributed by atoms with Crippen molar-refractivity contribution in [3.05, 3.63) is 61.1 Å². The van der Waals surface area contributed by atoms with E-state index >= 15 is 0 Å². The van der Waals surface area contributed by atoms with Gasteiger partial charge in [-0.1, -0.05) is 11.8 Å². The van der Waals surface area contributed by atoms with Crippen LogP contribution in [0.15, 0.2) is 64.6 Å². The number of furan rings is 1. The molecule has 3 aromatic rings. The summed E-state index contributed by atoms with van der Waals surface area (Å²) in [5.74, 6) is 0.918. The predicted molar refractivity (Wildman–Crippen MR) is 107 cm³/mol. The van der Waals surface area contributed by atoms with Crippen molar-refractivity contribution >= 4 is 28.8 Å². The minimum atomic E-state index is 0.0145. The minimum absolute atomic E-state index is 0.0145. The molecule has 0 saturated carbocycles. The lowest BCUT2D eigenvalue weighted by Gasteiger charge is -2.36. The molecule has 0 spiro atoms. The summed E-state index contributed by atoms with van der Waals surface area (Å²) < 4.78 is 5.77. The predicted octanol–water partition coefficient (Wildman–Crippen LogP) is 3.94. The van der Waals surface area contributed by atoms with Crippen molar-refractivity contribution in [1.82, 2.24) is 9.97 Å². The molecule has 1 unspecified atom stereocenters. The lowest BCUT2D eigenvalue weighted by Crippen LogP contribution is -2.43. The molecule has 0 aliphatic carbocycles. The molecule has 1 saturated heterocycles. The highest BCUT2D eigenvalue weighted by Gasteiger charge is 2.36. The summed E-state index contributed by atoms with van der Waals surface area (Å²) >= 11 is 1.77. The molecule has 5 heterocycles. The fraction of sp³-hybridized carbons (Fsp3) is 0.300. The number of rotatable bonds is 3. The maximum absolute atomic E-state index is 6.25. The first-order chi connectivity index (χ1) is 13.3. The number of fused-ring (bicyclic) bond motifs is 1. The van der Waals surface area contributed by atoms with Crippen molar-refractivity contribution < 1.29 is 4.42 Å². The second-order valence-electron chi connectivity index (χ2n) is 6.91. The molecule has 1 fully saturated rings. The topological polar surface area (TPSA) is 71.4 Å². The Morgan fingerprint density at radius 3 is 2.74 bits per heavy atom. The number of nitrogens with zero attached hydrogens (tertiary/aromatic N) is 4. The van der Waals surface area contributed by atoms with Gasteiger partial charge in [-0.15, -0.1) is 0 Å². The highest BCUT2D eigenvalue weighted by molar-refractivity contribution is 8.00. The summed E-state index contributed by atoms with van der Waals surface area (Å²) in [5, 5.41) is 0.0145. The standard InChI is InChI=1S/C20H21N5OS/c21-14-3-1-9-24(13-14)15-5-7-22-11-16(15)25-17-12-23-8-6-19(17)27-20(25)18-4-2-10-26-18/h2,4-8,10-12,14,20H,1,3,9,13,21H2/t14?,20-/m0/s1. The van der Waals surface area contributed by atoms with Gasteiger partial charge in [0.2, 0.25) is 0 Å². The lowest BCUT2D eigenvalue weighted by molar-refractivity contribution is 0.502. The third-order valence-corrected chi connectivity index (χ3v) is 6.38. The minimum Gasteiger partial charge on any atom is -0.466 e. The zero-order chi connectivity index (χ0) is 18.2. The van der Waals surface area contributed by atoms with Crippen LogP contribution in [0.4, 0.5) is 17.1 Å². The summed E-state index contributed by atoms with van der Waals surface area (Å²) in [6.07, 6.45) is 11.5. The van der Waals surface area contributed by atoms with Gasteiger partial charge in [-0.2, -0.15) is 0 Å². The first kappa shape index (κ1) is 16.6. The number of piperidine rings is 1. The average Bonchev–Trinajstić information content (AvgIpc) is 3.35. The van der Waals surface area contributed by atoms with Gasteiger partial charge in [0.25, 0.3) is 0 Å². The first-order valence-electron chi connectivity index (χ1n) is 9.19. The first-order valence-corrected chi connectivity index (χ1v) is 10.1. The fourth-order valence-corrected chi connectivity index (χ4v) is 5.12. The van der Waals surface area contributed by atoms with E-state index in [1.54, 1.807) is 18.0 Å². The third-order valence-electron chi connectivity index (χ3n) is 5.12. The van der Waals surface area contributed by atoms with E-state index in [0.29, 0.717) is 0 Å². The summed E-state index contributed by atoms with van der Waals surface area (Å²) in [5.41, 5.74) is 9.55. The molecule has 6 nitrogen and oxygen atoms in total. The van der Waals surface area contributed by atoms with Crippen molar-refractivity contribution in [3.8, 4) is 0 Å². The van der Waals surface area contributed by atoms with Gasteiger partial charge in [0, 0.05) is 36.4 Å². The van der Waals surface area contributed by atoms with Crippen LogP contribution in [0.3, 0.4) is 0 Å². The normalized spacial score (nSPS) is 22.1. The molecule has 5 rings (SSSR count). The zero-order valence-corrected chi connectivity index (χ0v) is 15.7. The number of thioether (sulfide) groups is 1. The van der Waals surface area contributed by atoms with Gasteiger partial charge in [0.15, 0.2) is 0 Å². The van der Waals surface area contributed by atoms with Crippen LogP contribution >= 0.6 is 11.8 Å². The molecule has 27 heavy (non-hydrogen) atoms. The van der Waals surface area contributed by atoms with Gasteiger partial charge >= 0.3 is 0 Å². The zero-order valence-electron chi connectivity index (χ0n) is 14.9. The highest BCUT2D eigenvalue weighted by Crippen LogP contribution is 2.55. The molecular formula is C20H21N5OS. The van der Waals surface area contributed by atoms with E-state index in [0.717, 1.165) is 48.8 Å². The molecule has 0 radical (unpaired) electrons. The number of hydrogen-bond acceptors (Lipinski definition) is 7. The third kappa shape index (κ3) is 2.96. The van der Waals surface area contributed by atoms with Gasteiger partial charge in [-0.25, -0.2) is 0 Å². The smallest absolute Gasteiger partial charge is 0.143 e. The number of hydrogen-bond donors (Lipinski definition) is 1. The van der Waals surface area contributed by atoms with E-state index in [4.69, 9.17) is 10.2 Å². The van der Waals surface area contributed by atoms with E-state index in [-0.39, 0.29) is 11.4 Å². The molecule has 2 aliphatic rings. The van der Waals surface area contributed by atoms with Gasteiger partial charge in [0.1, 0.15) is 11.1 Å². The quantitative estimate of drug-likeness (QED) is 0.739. The van der Waals surface area contributed by atoms with Crippen molar-refractivity contribution in [1.29, 1.82) is 0 Å². The maximum Gasteiger partial charge on any atom is 0.143 e. The Hall–Kier alpha value is -2.51. The van der Waals surface area contributed by atoms with E-state index in [1.807, 2.05) is 36.9 Å². The molecule has 2 N–H and O–H groups in total. The Morgan fingerprint density at radius 1 is 1.07 bits per heavy atom. The summed E-state index contributed by atoms with van der Waals surface area (Å²) in [6, 6.07) is 8.32. The number of anilines is 3. The molecular weight excluding hydrogens is 358 g/mol. The van der Waals surface area contributed by atoms with Crippen LogP contribution in [-0.2, 0) is 0 Å². The van der Waals surface area contributed by atoms with Crippen molar-refractivity contribution in [2.24, 2.45) is 5.73 Å². The van der Waals surface area contributed by atoms with Crippen LogP contribution in [0.1, 0.15) is 24.0 Å². The van der Waals surface area contributed by atoms with Crippen LogP contribution in [0.2, 0.25) is 0 Å².